The van der Waals surface area contributed by atoms with Crippen LogP contribution in [0.1, 0.15) is 117 Å². The number of pyridine rings is 1. The minimum absolute atomic E-state index is 0.283. The third kappa shape index (κ3) is 5.60. The van der Waals surface area contributed by atoms with Gasteiger partial charge in [0, 0.05) is 12.4 Å². The number of hydrogen-bond acceptors (Lipinski definition) is 1. The highest BCUT2D eigenvalue weighted by Crippen LogP contribution is 2.39. The molecule has 0 N–H and O–H groups in total. The molecule has 1 heterocycles. The first-order valence-electron chi connectivity index (χ1n) is 10.4. The number of unbranched alkanes of at least 4 members (excludes halogenated alkanes) is 2. The number of hydrogen-bond donors (Lipinski definition) is 0. The van der Waals surface area contributed by atoms with Crippen LogP contribution in [0, 0.1) is 0 Å². The van der Waals surface area contributed by atoms with Crippen LogP contribution in [-0.2, 0) is 10.8 Å². The van der Waals surface area contributed by atoms with E-state index in [1.54, 1.807) is 0 Å². The monoisotopic (exact) mass is 331 g/mol. The molecule has 0 amide bonds. The van der Waals surface area contributed by atoms with E-state index >= 15 is 0 Å². The summed E-state index contributed by atoms with van der Waals surface area (Å²) in [5.74, 6) is 0. The van der Waals surface area contributed by atoms with E-state index in [4.69, 9.17) is 4.98 Å². The van der Waals surface area contributed by atoms with Crippen LogP contribution in [0.15, 0.2) is 18.5 Å². The van der Waals surface area contributed by atoms with E-state index in [1.807, 2.05) is 0 Å². The van der Waals surface area contributed by atoms with Gasteiger partial charge < -0.3 is 0 Å². The van der Waals surface area contributed by atoms with Crippen molar-refractivity contribution in [1.82, 2.24) is 4.98 Å². The number of nitrogens with zero attached hydrogens (tertiary/aromatic N) is 1. The van der Waals surface area contributed by atoms with Crippen LogP contribution in [0.2, 0.25) is 0 Å². The van der Waals surface area contributed by atoms with Crippen molar-refractivity contribution in [3.63, 3.8) is 0 Å². The molecule has 0 saturated heterocycles. The van der Waals surface area contributed by atoms with Crippen molar-refractivity contribution in [1.29, 1.82) is 0 Å². The van der Waals surface area contributed by atoms with Gasteiger partial charge in [0.15, 0.2) is 0 Å². The maximum absolute atomic E-state index is 4.70. The van der Waals surface area contributed by atoms with E-state index < -0.39 is 0 Å². The zero-order chi connectivity index (χ0) is 18.1. The predicted molar refractivity (Wildman–Crippen MR) is 108 cm³/mol. The Bertz CT molecular complexity index is 428. The fourth-order valence-electron chi connectivity index (χ4n) is 4.16. The first-order valence-corrected chi connectivity index (χ1v) is 10.4. The highest BCUT2D eigenvalue weighted by atomic mass is 14.6. The highest BCUT2D eigenvalue weighted by molar-refractivity contribution is 5.30. The normalized spacial score (nSPS) is 16.6. The van der Waals surface area contributed by atoms with E-state index in [0.29, 0.717) is 0 Å². The predicted octanol–water partition coefficient (Wildman–Crippen LogP) is 7.58. The zero-order valence-electron chi connectivity index (χ0n) is 17.3. The molecule has 1 rings (SSSR count). The van der Waals surface area contributed by atoms with Gasteiger partial charge in [-0.15, -0.1) is 0 Å². The molecular formula is C23H41N. The van der Waals surface area contributed by atoms with Gasteiger partial charge in [-0.2, -0.15) is 0 Å². The SMILES string of the molecule is CCCCC(C)(CCC)c1cncc(C(C)(CCC)CCCC)c1. The Morgan fingerprint density at radius 1 is 0.667 bits per heavy atom. The maximum Gasteiger partial charge on any atom is 0.0305 e. The standard InChI is InChI=1S/C23H41N/c1-7-11-15-22(5,13-9-3)20-17-21(19-24-18-20)23(6,14-10-4)16-12-8-2/h17-19H,7-16H2,1-6H3. The first kappa shape index (κ1) is 21.2. The molecule has 1 heteroatoms. The Balaban J connectivity index is 3.17. The summed E-state index contributed by atoms with van der Waals surface area (Å²) >= 11 is 0. The minimum Gasteiger partial charge on any atom is -0.264 e. The molecule has 0 fully saturated rings. The summed E-state index contributed by atoms with van der Waals surface area (Å²) in [6.45, 7) is 14.1. The Kier molecular flexibility index (Phi) is 9.02. The molecule has 0 saturated carbocycles. The second-order valence-corrected chi connectivity index (χ2v) is 8.29. The number of aromatic nitrogens is 1. The Hall–Kier alpha value is -0.850. The molecule has 0 aliphatic carbocycles. The van der Waals surface area contributed by atoms with Gasteiger partial charge in [0.1, 0.15) is 0 Å². The smallest absolute Gasteiger partial charge is 0.0305 e. The van der Waals surface area contributed by atoms with Crippen LogP contribution in [0.5, 0.6) is 0 Å². The minimum atomic E-state index is 0.283. The van der Waals surface area contributed by atoms with Crippen molar-refractivity contribution in [2.24, 2.45) is 0 Å². The molecule has 0 aliphatic heterocycles. The van der Waals surface area contributed by atoms with Crippen molar-refractivity contribution in [2.45, 2.75) is 117 Å². The summed E-state index contributed by atoms with van der Waals surface area (Å²) in [5, 5.41) is 0. The Morgan fingerprint density at radius 2 is 1.08 bits per heavy atom. The fraction of sp³-hybridized carbons (Fsp3) is 0.783. The first-order chi connectivity index (χ1) is 11.5. The molecule has 0 aromatic carbocycles. The number of rotatable bonds is 12. The molecule has 0 bridgehead atoms. The van der Waals surface area contributed by atoms with Gasteiger partial charge in [0.2, 0.25) is 0 Å². The van der Waals surface area contributed by atoms with Crippen LogP contribution in [0.3, 0.4) is 0 Å². The second-order valence-electron chi connectivity index (χ2n) is 8.29. The van der Waals surface area contributed by atoms with E-state index in [-0.39, 0.29) is 10.8 Å². The summed E-state index contributed by atoms with van der Waals surface area (Å²) in [6, 6.07) is 2.50. The van der Waals surface area contributed by atoms with Crippen molar-refractivity contribution < 1.29 is 0 Å². The lowest BCUT2D eigenvalue weighted by Crippen LogP contribution is -2.26. The van der Waals surface area contributed by atoms with E-state index in [1.165, 1.54) is 75.3 Å². The summed E-state index contributed by atoms with van der Waals surface area (Å²) in [4.78, 5) is 4.70. The van der Waals surface area contributed by atoms with Crippen molar-refractivity contribution in [3.8, 4) is 0 Å². The van der Waals surface area contributed by atoms with E-state index in [2.05, 4.69) is 60.0 Å². The van der Waals surface area contributed by atoms with E-state index in [0.717, 1.165) is 0 Å². The van der Waals surface area contributed by atoms with Crippen molar-refractivity contribution in [2.75, 3.05) is 0 Å². The van der Waals surface area contributed by atoms with E-state index in [9.17, 15) is 0 Å². The summed E-state index contributed by atoms with van der Waals surface area (Å²) in [7, 11) is 0. The molecule has 138 valence electrons. The zero-order valence-corrected chi connectivity index (χ0v) is 17.3. The van der Waals surface area contributed by atoms with Crippen molar-refractivity contribution >= 4 is 0 Å². The Morgan fingerprint density at radius 3 is 1.42 bits per heavy atom. The Labute approximate surface area is 151 Å². The molecule has 1 aromatic heterocycles. The second kappa shape index (κ2) is 10.2. The molecule has 1 nitrogen and oxygen atoms in total. The third-order valence-corrected chi connectivity index (χ3v) is 5.90. The summed E-state index contributed by atoms with van der Waals surface area (Å²) in [5.41, 5.74) is 3.50. The largest absolute Gasteiger partial charge is 0.264 e. The van der Waals surface area contributed by atoms with Gasteiger partial charge in [0.25, 0.3) is 0 Å². The van der Waals surface area contributed by atoms with Gasteiger partial charge in [-0.1, -0.05) is 86.1 Å². The molecule has 0 aliphatic rings. The van der Waals surface area contributed by atoms with Crippen LogP contribution in [-0.4, -0.2) is 4.98 Å². The van der Waals surface area contributed by atoms with Gasteiger partial charge in [-0.25, -0.2) is 0 Å². The molecule has 2 unspecified atom stereocenters. The molecule has 1 aromatic rings. The molecule has 24 heavy (non-hydrogen) atoms. The topological polar surface area (TPSA) is 12.9 Å². The third-order valence-electron chi connectivity index (χ3n) is 5.90. The van der Waals surface area contributed by atoms with Crippen LogP contribution in [0.25, 0.3) is 0 Å². The lowest BCUT2D eigenvalue weighted by molar-refractivity contribution is 0.368. The lowest BCUT2D eigenvalue weighted by Gasteiger charge is -2.34. The fourth-order valence-corrected chi connectivity index (χ4v) is 4.16. The van der Waals surface area contributed by atoms with Gasteiger partial charge in [0.05, 0.1) is 0 Å². The van der Waals surface area contributed by atoms with Crippen LogP contribution >= 0.6 is 0 Å². The molecule has 2 atom stereocenters. The molecular weight excluding hydrogens is 290 g/mol. The van der Waals surface area contributed by atoms with Gasteiger partial charge in [-0.3, -0.25) is 4.98 Å². The van der Waals surface area contributed by atoms with Gasteiger partial charge in [-0.05, 0) is 47.6 Å². The van der Waals surface area contributed by atoms with Gasteiger partial charge >= 0.3 is 0 Å². The van der Waals surface area contributed by atoms with Crippen LogP contribution in [0.4, 0.5) is 0 Å². The maximum atomic E-state index is 4.70. The quantitative estimate of drug-likeness (QED) is 0.384. The summed E-state index contributed by atoms with van der Waals surface area (Å²) < 4.78 is 0. The summed E-state index contributed by atoms with van der Waals surface area (Å²) in [6.07, 6.45) is 17.0. The average molecular weight is 332 g/mol. The molecule has 0 spiro atoms. The highest BCUT2D eigenvalue weighted by Gasteiger charge is 2.30. The molecule has 0 radical (unpaired) electrons. The lowest BCUT2D eigenvalue weighted by atomic mass is 9.71. The van der Waals surface area contributed by atoms with Crippen molar-refractivity contribution in [3.05, 3.63) is 29.6 Å². The van der Waals surface area contributed by atoms with Crippen LogP contribution < -0.4 is 0 Å². The average Bonchev–Trinajstić information content (AvgIpc) is 2.59.